The average Bonchev–Trinajstić information content (AvgIpc) is 2.55. The van der Waals surface area contributed by atoms with Crippen LogP contribution in [0, 0.1) is 0 Å². The first-order valence-corrected chi connectivity index (χ1v) is 7.08. The van der Waals surface area contributed by atoms with Crippen molar-refractivity contribution in [3.8, 4) is 0 Å². The van der Waals surface area contributed by atoms with Crippen molar-refractivity contribution in [3.63, 3.8) is 0 Å². The van der Waals surface area contributed by atoms with Crippen LogP contribution in [0.15, 0.2) is 0 Å². The van der Waals surface area contributed by atoms with Gasteiger partial charge in [0.1, 0.15) is 48.8 Å². The zero-order chi connectivity index (χ0) is 17.3. The van der Waals surface area contributed by atoms with Gasteiger partial charge in [0, 0.05) is 0 Å². The minimum Gasteiger partial charge on any atom is -0.394 e. The van der Waals surface area contributed by atoms with Gasteiger partial charge in [0.25, 0.3) is 0 Å². The molecule has 0 aromatic heterocycles. The van der Waals surface area contributed by atoms with E-state index in [1.165, 1.54) is 0 Å². The fraction of sp³-hybridized carbons (Fsp3) is 1.00. The topological polar surface area (TPSA) is 190 Å². The summed E-state index contributed by atoms with van der Waals surface area (Å²) in [6.45, 7) is -1.35. The van der Waals surface area contributed by atoms with Crippen LogP contribution in [0.4, 0.5) is 0 Å². The third-order valence-corrected chi connectivity index (χ3v) is 3.98. The molecule has 136 valence electrons. The third-order valence-electron chi connectivity index (χ3n) is 3.98. The summed E-state index contributed by atoms with van der Waals surface area (Å²) in [4.78, 5) is 0. The molecular weight excluding hydrogens is 320 g/mol. The number of aliphatic hydroxyl groups excluding tert-OH is 8. The van der Waals surface area contributed by atoms with Crippen LogP contribution in [-0.2, 0) is 14.2 Å². The van der Waals surface area contributed by atoms with E-state index in [0.29, 0.717) is 0 Å². The van der Waals surface area contributed by atoms with Gasteiger partial charge in [-0.25, -0.2) is 0 Å². The van der Waals surface area contributed by atoms with E-state index < -0.39 is 74.6 Å². The minimum atomic E-state index is -1.74. The second kappa shape index (κ2) is 7.63. The van der Waals surface area contributed by atoms with Crippen LogP contribution in [0.5, 0.6) is 0 Å². The highest BCUT2D eigenvalue weighted by Gasteiger charge is 2.50. The molecule has 2 rings (SSSR count). The van der Waals surface area contributed by atoms with Crippen molar-refractivity contribution >= 4 is 0 Å². The molecule has 0 amide bonds. The number of aliphatic hydroxyl groups is 8. The zero-order valence-electron chi connectivity index (χ0n) is 12.0. The van der Waals surface area contributed by atoms with E-state index in [2.05, 4.69) is 0 Å². The van der Waals surface area contributed by atoms with Crippen molar-refractivity contribution in [2.24, 2.45) is 0 Å². The van der Waals surface area contributed by atoms with E-state index in [1.807, 2.05) is 0 Å². The van der Waals surface area contributed by atoms with Crippen LogP contribution < -0.4 is 0 Å². The van der Waals surface area contributed by atoms with Gasteiger partial charge in [0.15, 0.2) is 12.6 Å². The van der Waals surface area contributed by atoms with E-state index in [9.17, 15) is 35.7 Å². The van der Waals surface area contributed by atoms with Crippen LogP contribution in [-0.4, -0.2) is 115 Å². The van der Waals surface area contributed by atoms with E-state index in [4.69, 9.17) is 19.3 Å². The normalized spacial score (nSPS) is 51.7. The Kier molecular flexibility index (Phi) is 6.27. The van der Waals surface area contributed by atoms with Gasteiger partial charge in [0.05, 0.1) is 13.2 Å². The summed E-state index contributed by atoms with van der Waals surface area (Å²) < 4.78 is 15.3. The Morgan fingerprint density at radius 3 is 1.83 bits per heavy atom. The first-order valence-electron chi connectivity index (χ1n) is 7.08. The summed E-state index contributed by atoms with van der Waals surface area (Å²) in [6, 6.07) is 0. The summed E-state index contributed by atoms with van der Waals surface area (Å²) in [5.41, 5.74) is 0. The molecule has 0 aromatic carbocycles. The predicted molar refractivity (Wildman–Crippen MR) is 68.6 cm³/mol. The van der Waals surface area contributed by atoms with Gasteiger partial charge in [-0.15, -0.1) is 0 Å². The molecule has 2 heterocycles. The highest BCUT2D eigenvalue weighted by Crippen LogP contribution is 2.28. The van der Waals surface area contributed by atoms with E-state index in [0.717, 1.165) is 0 Å². The van der Waals surface area contributed by atoms with Crippen LogP contribution in [0.3, 0.4) is 0 Å². The van der Waals surface area contributed by atoms with Gasteiger partial charge in [-0.3, -0.25) is 0 Å². The van der Waals surface area contributed by atoms with Crippen LogP contribution >= 0.6 is 0 Å². The molecule has 0 saturated carbocycles. The van der Waals surface area contributed by atoms with Gasteiger partial charge >= 0.3 is 0 Å². The molecule has 23 heavy (non-hydrogen) atoms. The Morgan fingerprint density at radius 1 is 0.652 bits per heavy atom. The highest BCUT2D eigenvalue weighted by molar-refractivity contribution is 4.93. The SMILES string of the molecule is OCC1OC(O[C@H]2C(CO)OC(O)[C@@H](O)[C@H]2O)[C@@H](O)[C@@H](O)[C@@H]1O. The van der Waals surface area contributed by atoms with E-state index in [-0.39, 0.29) is 0 Å². The number of ether oxygens (including phenoxy) is 3. The molecule has 0 bridgehead atoms. The molecule has 4 unspecified atom stereocenters. The largest absolute Gasteiger partial charge is 0.394 e. The Balaban J connectivity index is 2.11. The molecule has 11 heteroatoms. The molecule has 0 spiro atoms. The highest BCUT2D eigenvalue weighted by atomic mass is 16.7. The second-order valence-corrected chi connectivity index (χ2v) is 5.53. The lowest BCUT2D eigenvalue weighted by atomic mass is 9.97. The van der Waals surface area contributed by atoms with E-state index >= 15 is 0 Å². The minimum absolute atomic E-state index is 0.667. The van der Waals surface area contributed by atoms with Crippen LogP contribution in [0.1, 0.15) is 0 Å². The molecule has 2 fully saturated rings. The van der Waals surface area contributed by atoms with Crippen molar-refractivity contribution < 1.29 is 55.1 Å². The van der Waals surface area contributed by atoms with Gasteiger partial charge in [-0.1, -0.05) is 0 Å². The number of hydrogen-bond acceptors (Lipinski definition) is 11. The number of rotatable bonds is 4. The molecule has 2 aliphatic rings. The molecule has 0 aliphatic carbocycles. The average molecular weight is 342 g/mol. The van der Waals surface area contributed by atoms with Gasteiger partial charge in [-0.05, 0) is 0 Å². The summed E-state index contributed by atoms with van der Waals surface area (Å²) in [7, 11) is 0. The monoisotopic (exact) mass is 342 g/mol. The van der Waals surface area contributed by atoms with E-state index in [1.54, 1.807) is 0 Å². The quantitative estimate of drug-likeness (QED) is 0.243. The molecule has 11 nitrogen and oxygen atoms in total. The maximum atomic E-state index is 9.94. The Morgan fingerprint density at radius 2 is 1.26 bits per heavy atom. The summed E-state index contributed by atoms with van der Waals surface area (Å²) >= 11 is 0. The third kappa shape index (κ3) is 3.65. The van der Waals surface area contributed by atoms with Gasteiger partial charge < -0.3 is 55.1 Å². The van der Waals surface area contributed by atoms with Crippen molar-refractivity contribution in [2.75, 3.05) is 13.2 Å². The molecule has 8 N–H and O–H groups in total. The fourth-order valence-corrected chi connectivity index (χ4v) is 2.57. The summed E-state index contributed by atoms with van der Waals surface area (Å²) in [5, 5.41) is 76.5. The fourth-order valence-electron chi connectivity index (χ4n) is 2.57. The lowest BCUT2D eigenvalue weighted by Crippen LogP contribution is -2.64. The van der Waals surface area contributed by atoms with Crippen molar-refractivity contribution in [1.29, 1.82) is 0 Å². The molecule has 10 atom stereocenters. The molecular formula is C12H22O11. The first-order chi connectivity index (χ1) is 10.8. The van der Waals surface area contributed by atoms with Gasteiger partial charge in [0.2, 0.25) is 0 Å². The number of hydrogen-bond donors (Lipinski definition) is 8. The van der Waals surface area contributed by atoms with Gasteiger partial charge in [-0.2, -0.15) is 0 Å². The predicted octanol–water partition coefficient (Wildman–Crippen LogP) is -5.40. The van der Waals surface area contributed by atoms with Crippen molar-refractivity contribution in [3.05, 3.63) is 0 Å². The summed E-state index contributed by atoms with van der Waals surface area (Å²) in [5.74, 6) is 0. The Bertz CT molecular complexity index is 378. The molecule has 2 saturated heterocycles. The van der Waals surface area contributed by atoms with Crippen LogP contribution in [0.25, 0.3) is 0 Å². The Labute approximate surface area is 130 Å². The Hall–Kier alpha value is -0.440. The van der Waals surface area contributed by atoms with Crippen molar-refractivity contribution in [2.45, 2.75) is 61.4 Å². The molecule has 2 aliphatic heterocycles. The summed E-state index contributed by atoms with van der Waals surface area (Å²) in [6.07, 6.45) is -15.6. The zero-order valence-corrected chi connectivity index (χ0v) is 12.0. The van der Waals surface area contributed by atoms with Crippen molar-refractivity contribution in [1.82, 2.24) is 0 Å². The maximum absolute atomic E-state index is 9.94. The maximum Gasteiger partial charge on any atom is 0.187 e. The lowest BCUT2D eigenvalue weighted by molar-refractivity contribution is -0.355. The lowest BCUT2D eigenvalue weighted by Gasteiger charge is -2.45. The first kappa shape index (κ1) is 18.9. The van der Waals surface area contributed by atoms with Crippen LogP contribution in [0.2, 0.25) is 0 Å². The molecule has 0 radical (unpaired) electrons. The second-order valence-electron chi connectivity index (χ2n) is 5.53. The smallest absolute Gasteiger partial charge is 0.187 e. The molecule has 0 aromatic rings. The standard InChI is InChI=1S/C12H22O11/c13-1-3-5(15)6(16)9(19)12(22-3)23-10-4(2-14)21-11(20)8(18)7(10)17/h3-20H,1-2H2/t3?,4?,5-,6+,7-,8+,9+,10+,11?,12?/m1/s1.